The van der Waals surface area contributed by atoms with Gasteiger partial charge in [-0.25, -0.2) is 0 Å². The first-order valence-electron chi connectivity index (χ1n) is 9.02. The Balaban J connectivity index is 1.67. The number of nitrogens with one attached hydrogen (secondary N) is 2. The Labute approximate surface area is 172 Å². The van der Waals surface area contributed by atoms with E-state index >= 15 is 0 Å². The Morgan fingerprint density at radius 3 is 2.46 bits per heavy atom. The van der Waals surface area contributed by atoms with Crippen LogP contribution >= 0.6 is 15.9 Å². The minimum Gasteiger partial charge on any atom is -0.456 e. The number of rotatable bonds is 9. The highest BCUT2D eigenvalue weighted by Gasteiger charge is 2.12. The summed E-state index contributed by atoms with van der Waals surface area (Å²) in [7, 11) is 0. The number of carbonyl (C=O) groups excluding carboxylic acids is 3. The first kappa shape index (κ1) is 21.6. The topological polar surface area (TPSA) is 84.5 Å². The smallest absolute Gasteiger partial charge is 0.306 e. The van der Waals surface area contributed by atoms with Crippen molar-refractivity contribution in [1.82, 2.24) is 5.32 Å². The maximum atomic E-state index is 12.0. The number of carbonyl (C=O) groups is 3. The van der Waals surface area contributed by atoms with Gasteiger partial charge in [-0.3, -0.25) is 14.4 Å². The molecular weight excluding hydrogens is 424 g/mol. The van der Waals surface area contributed by atoms with Gasteiger partial charge < -0.3 is 15.4 Å². The molecule has 0 saturated heterocycles. The van der Waals surface area contributed by atoms with Gasteiger partial charge >= 0.3 is 5.97 Å². The van der Waals surface area contributed by atoms with Crippen LogP contribution in [0.1, 0.15) is 30.9 Å². The van der Waals surface area contributed by atoms with E-state index < -0.39 is 11.9 Å². The van der Waals surface area contributed by atoms with Crippen LogP contribution in [0.4, 0.5) is 5.69 Å². The van der Waals surface area contributed by atoms with Crippen molar-refractivity contribution in [3.63, 3.8) is 0 Å². The van der Waals surface area contributed by atoms with Crippen LogP contribution in [-0.4, -0.2) is 24.4 Å². The predicted octanol–water partition coefficient (Wildman–Crippen LogP) is 3.59. The molecule has 6 nitrogen and oxygen atoms in total. The van der Waals surface area contributed by atoms with Crippen LogP contribution in [0.15, 0.2) is 53.0 Å². The minimum absolute atomic E-state index is 0.0139. The molecule has 0 atom stereocenters. The highest BCUT2D eigenvalue weighted by Crippen LogP contribution is 2.21. The normalized spacial score (nSPS) is 10.2. The molecule has 2 amide bonds. The number of benzene rings is 2. The Kier molecular flexibility index (Phi) is 8.68. The molecule has 0 aromatic heterocycles. The zero-order valence-corrected chi connectivity index (χ0v) is 17.3. The summed E-state index contributed by atoms with van der Waals surface area (Å²) in [5.74, 6) is -1.25. The van der Waals surface area contributed by atoms with Crippen molar-refractivity contribution in [3.05, 3.63) is 64.1 Å². The molecule has 0 heterocycles. The second-order valence-corrected chi connectivity index (χ2v) is 7.04. The van der Waals surface area contributed by atoms with E-state index in [9.17, 15) is 14.4 Å². The lowest BCUT2D eigenvalue weighted by molar-refractivity contribution is -0.148. The highest BCUT2D eigenvalue weighted by molar-refractivity contribution is 9.10. The average molecular weight is 447 g/mol. The number of anilines is 1. The Morgan fingerprint density at radius 1 is 1.00 bits per heavy atom. The number of esters is 1. The van der Waals surface area contributed by atoms with E-state index in [0.717, 1.165) is 22.0 Å². The average Bonchev–Trinajstić information content (AvgIpc) is 2.71. The molecule has 0 bridgehead atoms. The maximum absolute atomic E-state index is 12.0. The van der Waals surface area contributed by atoms with Gasteiger partial charge in [0.1, 0.15) is 0 Å². The van der Waals surface area contributed by atoms with E-state index in [0.29, 0.717) is 12.2 Å². The van der Waals surface area contributed by atoms with Crippen molar-refractivity contribution in [1.29, 1.82) is 0 Å². The van der Waals surface area contributed by atoms with Crippen LogP contribution in [0, 0.1) is 0 Å². The molecule has 7 heteroatoms. The van der Waals surface area contributed by atoms with E-state index in [-0.39, 0.29) is 25.4 Å². The quantitative estimate of drug-likeness (QED) is 0.576. The highest BCUT2D eigenvalue weighted by atomic mass is 79.9. The Hall–Kier alpha value is -2.67. The lowest BCUT2D eigenvalue weighted by Crippen LogP contribution is -2.25. The predicted molar refractivity (Wildman–Crippen MR) is 111 cm³/mol. The largest absolute Gasteiger partial charge is 0.456 e. The molecule has 0 spiro atoms. The van der Waals surface area contributed by atoms with Crippen molar-refractivity contribution in [3.8, 4) is 0 Å². The van der Waals surface area contributed by atoms with E-state index in [4.69, 9.17) is 4.74 Å². The van der Waals surface area contributed by atoms with Crippen molar-refractivity contribution in [2.45, 2.75) is 32.7 Å². The van der Waals surface area contributed by atoms with Crippen LogP contribution in [0.25, 0.3) is 0 Å². The molecular formula is C21H23BrN2O4. The zero-order valence-electron chi connectivity index (χ0n) is 15.7. The summed E-state index contributed by atoms with van der Waals surface area (Å²) < 4.78 is 5.88. The van der Waals surface area contributed by atoms with Gasteiger partial charge in [-0.15, -0.1) is 0 Å². The van der Waals surface area contributed by atoms with Gasteiger partial charge in [0.2, 0.25) is 5.91 Å². The van der Waals surface area contributed by atoms with E-state index in [1.54, 1.807) is 6.07 Å². The second-order valence-electron chi connectivity index (χ2n) is 6.13. The van der Waals surface area contributed by atoms with Crippen LogP contribution in [0.5, 0.6) is 0 Å². The zero-order chi connectivity index (χ0) is 20.4. The number of amides is 2. The van der Waals surface area contributed by atoms with E-state index in [1.807, 2.05) is 49.4 Å². The third-order valence-corrected chi connectivity index (χ3v) is 4.47. The van der Waals surface area contributed by atoms with Crippen LogP contribution < -0.4 is 10.6 Å². The van der Waals surface area contributed by atoms with Crippen molar-refractivity contribution in [2.75, 3.05) is 11.9 Å². The summed E-state index contributed by atoms with van der Waals surface area (Å²) in [4.78, 5) is 35.5. The van der Waals surface area contributed by atoms with E-state index in [1.165, 1.54) is 0 Å². The molecule has 0 radical (unpaired) electrons. The fourth-order valence-corrected chi connectivity index (χ4v) is 2.89. The standard InChI is InChI=1S/C21H23BrN2O4/c1-2-16-12-17(22)8-9-18(16)24-20(26)14-28-21(27)11-10-19(25)23-13-15-6-4-3-5-7-15/h3-9,12H,2,10-11,13-14H2,1H3,(H,23,25)(H,24,26). The molecule has 0 saturated carbocycles. The summed E-state index contributed by atoms with van der Waals surface area (Å²) in [6.07, 6.45) is 0.694. The van der Waals surface area contributed by atoms with Gasteiger partial charge in [-0.1, -0.05) is 53.2 Å². The monoisotopic (exact) mass is 446 g/mol. The van der Waals surface area contributed by atoms with Gasteiger partial charge in [0.15, 0.2) is 6.61 Å². The summed E-state index contributed by atoms with van der Waals surface area (Å²) in [5, 5.41) is 5.47. The summed E-state index contributed by atoms with van der Waals surface area (Å²) in [6, 6.07) is 15.0. The van der Waals surface area contributed by atoms with Crippen LogP contribution in [0.3, 0.4) is 0 Å². The molecule has 2 aromatic rings. The number of hydrogen-bond acceptors (Lipinski definition) is 4. The van der Waals surface area contributed by atoms with Gasteiger partial charge in [-0.05, 0) is 35.7 Å². The number of halogens is 1. The summed E-state index contributed by atoms with van der Waals surface area (Å²) >= 11 is 3.39. The van der Waals surface area contributed by atoms with Gasteiger partial charge in [0.05, 0.1) is 6.42 Å². The lowest BCUT2D eigenvalue weighted by atomic mass is 10.1. The Morgan fingerprint density at radius 2 is 1.75 bits per heavy atom. The van der Waals surface area contributed by atoms with Crippen LogP contribution in [-0.2, 0) is 32.1 Å². The molecule has 0 aliphatic heterocycles. The van der Waals surface area contributed by atoms with E-state index in [2.05, 4.69) is 26.6 Å². The fraction of sp³-hybridized carbons (Fsp3) is 0.286. The number of hydrogen-bond donors (Lipinski definition) is 2. The third kappa shape index (κ3) is 7.52. The minimum atomic E-state index is -0.587. The molecule has 148 valence electrons. The van der Waals surface area contributed by atoms with Crippen molar-refractivity contribution >= 4 is 39.4 Å². The SMILES string of the molecule is CCc1cc(Br)ccc1NC(=O)COC(=O)CCC(=O)NCc1ccccc1. The van der Waals surface area contributed by atoms with Gasteiger partial charge in [0.25, 0.3) is 5.91 Å². The molecule has 0 unspecified atom stereocenters. The Bertz CT molecular complexity index is 824. The second kappa shape index (κ2) is 11.2. The molecule has 0 aliphatic rings. The third-order valence-electron chi connectivity index (χ3n) is 3.98. The summed E-state index contributed by atoms with van der Waals surface area (Å²) in [6.45, 7) is 2.01. The maximum Gasteiger partial charge on any atom is 0.306 e. The fourth-order valence-electron chi connectivity index (χ4n) is 2.48. The molecule has 0 fully saturated rings. The molecule has 2 N–H and O–H groups in total. The van der Waals surface area contributed by atoms with Gasteiger partial charge in [0, 0.05) is 23.1 Å². The van der Waals surface area contributed by atoms with Gasteiger partial charge in [-0.2, -0.15) is 0 Å². The molecule has 2 rings (SSSR count). The lowest BCUT2D eigenvalue weighted by Gasteiger charge is -2.11. The number of aryl methyl sites for hydroxylation is 1. The number of ether oxygens (including phenoxy) is 1. The summed E-state index contributed by atoms with van der Waals surface area (Å²) in [5.41, 5.74) is 2.64. The molecule has 0 aliphatic carbocycles. The first-order valence-corrected chi connectivity index (χ1v) is 9.81. The molecule has 2 aromatic carbocycles. The van der Waals surface area contributed by atoms with Crippen molar-refractivity contribution in [2.24, 2.45) is 0 Å². The molecule has 28 heavy (non-hydrogen) atoms. The van der Waals surface area contributed by atoms with Crippen LogP contribution in [0.2, 0.25) is 0 Å². The first-order chi connectivity index (χ1) is 13.5. The van der Waals surface area contributed by atoms with Crippen molar-refractivity contribution < 1.29 is 19.1 Å².